The quantitative estimate of drug-likeness (QED) is 0.238. The molecule has 2 amide bonds. The van der Waals surface area contributed by atoms with Crippen LogP contribution < -0.4 is 20.7 Å². The van der Waals surface area contributed by atoms with Crippen molar-refractivity contribution in [1.29, 1.82) is 0 Å². The van der Waals surface area contributed by atoms with E-state index in [1.54, 1.807) is 47.4 Å². The second-order valence-electron chi connectivity index (χ2n) is 8.56. The van der Waals surface area contributed by atoms with Crippen molar-refractivity contribution in [2.45, 2.75) is 51.4 Å². The van der Waals surface area contributed by atoms with Gasteiger partial charge < -0.3 is 25.4 Å². The molecule has 36 heavy (non-hydrogen) atoms. The number of hydrogen-bond donors (Lipinski definition) is 4. The molecule has 4 N–H and O–H groups in total. The Balaban J connectivity index is 1.69. The molecule has 9 nitrogen and oxygen atoms in total. The van der Waals surface area contributed by atoms with Crippen LogP contribution in [0.5, 0.6) is 5.75 Å². The summed E-state index contributed by atoms with van der Waals surface area (Å²) in [6, 6.07) is 14.0. The fraction of sp³-hybridized carbons (Fsp3) is 0.423. The first-order valence-electron chi connectivity index (χ1n) is 12.1. The molecular weight excluding hydrogens is 484 g/mol. The zero-order valence-corrected chi connectivity index (χ0v) is 21.1. The average molecular weight is 517 g/mol. The first kappa shape index (κ1) is 27.3. The summed E-state index contributed by atoms with van der Waals surface area (Å²) in [5.41, 5.74) is 1.38. The minimum absolute atomic E-state index is 0.0437. The van der Waals surface area contributed by atoms with Crippen LogP contribution in [0.1, 0.15) is 38.2 Å². The highest BCUT2D eigenvalue weighted by molar-refractivity contribution is 6.30. The Bertz CT molecular complexity index is 1030. The molecule has 194 valence electrons. The van der Waals surface area contributed by atoms with Gasteiger partial charge in [-0.25, -0.2) is 0 Å². The highest BCUT2D eigenvalue weighted by Gasteiger charge is 2.31. The zero-order valence-electron chi connectivity index (χ0n) is 20.3. The molecule has 0 radical (unpaired) electrons. The van der Waals surface area contributed by atoms with Crippen LogP contribution >= 0.6 is 11.6 Å². The number of benzene rings is 2. The fourth-order valence-electron chi connectivity index (χ4n) is 4.06. The van der Waals surface area contributed by atoms with Gasteiger partial charge in [0.05, 0.1) is 19.2 Å². The molecule has 1 aliphatic heterocycles. The summed E-state index contributed by atoms with van der Waals surface area (Å²) in [7, 11) is 0. The largest absolute Gasteiger partial charge is 0.494 e. The molecule has 2 atom stereocenters. The minimum Gasteiger partial charge on any atom is -0.494 e. The van der Waals surface area contributed by atoms with Crippen molar-refractivity contribution in [3.8, 4) is 5.75 Å². The van der Waals surface area contributed by atoms with Gasteiger partial charge in [-0.05, 0) is 74.7 Å². The lowest BCUT2D eigenvalue weighted by Crippen LogP contribution is -2.57. The molecule has 0 bridgehead atoms. The topological polar surface area (TPSA) is 120 Å². The van der Waals surface area contributed by atoms with Gasteiger partial charge in [-0.2, -0.15) is 0 Å². The maximum atomic E-state index is 13.5. The van der Waals surface area contributed by atoms with Gasteiger partial charge in [0.25, 0.3) is 5.91 Å². The number of likely N-dealkylation sites (N-methyl/N-ethyl adjacent to an activating group) is 1. The van der Waals surface area contributed by atoms with Crippen molar-refractivity contribution in [3.05, 3.63) is 59.1 Å². The minimum atomic E-state index is -0.971. The van der Waals surface area contributed by atoms with E-state index < -0.39 is 12.1 Å². The van der Waals surface area contributed by atoms with E-state index >= 15 is 0 Å². The summed E-state index contributed by atoms with van der Waals surface area (Å²) in [5.74, 6) is -0.813. The summed E-state index contributed by atoms with van der Waals surface area (Å²) in [5, 5.41) is 18.6. The molecule has 3 rings (SSSR count). The Morgan fingerprint density at radius 1 is 1.22 bits per heavy atom. The molecule has 10 heteroatoms. The highest BCUT2D eigenvalue weighted by Crippen LogP contribution is 2.18. The number of nitrogens with one attached hydrogen (secondary N) is 3. The van der Waals surface area contributed by atoms with Crippen LogP contribution in [0.15, 0.2) is 48.5 Å². The SMILES string of the molecule is CCN(C(=O)C(NC(=O)Cc1cccc(Cl)c1)Nc1ccc(OCCCC(=O)O)cc1)C1CCCN1. The van der Waals surface area contributed by atoms with Crippen LogP contribution in [0.2, 0.25) is 5.02 Å². The molecule has 2 aromatic rings. The maximum Gasteiger partial charge on any atom is 0.303 e. The number of amides is 2. The third-order valence-electron chi connectivity index (χ3n) is 5.81. The number of carbonyl (C=O) groups is 3. The van der Waals surface area contributed by atoms with Crippen LogP contribution in [0.3, 0.4) is 0 Å². The molecule has 1 heterocycles. The van der Waals surface area contributed by atoms with E-state index in [0.717, 1.165) is 24.9 Å². The van der Waals surface area contributed by atoms with E-state index in [1.165, 1.54) is 0 Å². The number of carboxylic acid groups (broad SMARTS) is 1. The van der Waals surface area contributed by atoms with E-state index in [4.69, 9.17) is 21.4 Å². The van der Waals surface area contributed by atoms with Gasteiger partial charge >= 0.3 is 5.97 Å². The number of nitrogens with zero attached hydrogens (tertiary/aromatic N) is 1. The lowest BCUT2D eigenvalue weighted by molar-refractivity contribution is -0.138. The van der Waals surface area contributed by atoms with Crippen LogP contribution in [0.25, 0.3) is 0 Å². The van der Waals surface area contributed by atoms with E-state index in [9.17, 15) is 14.4 Å². The van der Waals surface area contributed by atoms with Crippen molar-refractivity contribution in [2.24, 2.45) is 0 Å². The predicted molar refractivity (Wildman–Crippen MR) is 138 cm³/mol. The lowest BCUT2D eigenvalue weighted by atomic mass is 10.1. The molecule has 1 fully saturated rings. The Hall–Kier alpha value is -3.30. The Morgan fingerprint density at radius 3 is 2.64 bits per heavy atom. The Labute approximate surface area is 216 Å². The first-order valence-corrected chi connectivity index (χ1v) is 12.5. The molecule has 1 saturated heterocycles. The summed E-state index contributed by atoms with van der Waals surface area (Å²) in [4.78, 5) is 38.8. The maximum absolute atomic E-state index is 13.5. The van der Waals surface area contributed by atoms with Crippen LogP contribution in [0.4, 0.5) is 5.69 Å². The van der Waals surface area contributed by atoms with Crippen LogP contribution in [-0.2, 0) is 20.8 Å². The Kier molecular flexibility index (Phi) is 10.4. The van der Waals surface area contributed by atoms with E-state index in [1.807, 2.05) is 13.0 Å². The molecule has 0 spiro atoms. The second kappa shape index (κ2) is 13.7. The standard InChI is InChI=1S/C26H33ClN4O5/c1-2-31(22-8-4-14-28-22)26(35)25(30-23(32)17-18-6-3-7-19(27)16-18)29-20-10-12-21(13-11-20)36-15-5-9-24(33)34/h3,6-7,10-13,16,22,25,28-29H,2,4-5,8-9,14-15,17H2,1H3,(H,30,32)(H,33,34). The highest BCUT2D eigenvalue weighted by atomic mass is 35.5. The number of ether oxygens (including phenoxy) is 1. The van der Waals surface area contributed by atoms with Crippen molar-refractivity contribution in [2.75, 3.05) is 25.0 Å². The van der Waals surface area contributed by atoms with Gasteiger partial charge in [-0.3, -0.25) is 19.7 Å². The molecule has 0 saturated carbocycles. The average Bonchev–Trinajstić information content (AvgIpc) is 3.37. The number of aliphatic carboxylic acids is 1. The monoisotopic (exact) mass is 516 g/mol. The molecular formula is C26H33ClN4O5. The molecule has 2 aromatic carbocycles. The molecule has 0 aliphatic carbocycles. The third-order valence-corrected chi connectivity index (χ3v) is 6.04. The van der Waals surface area contributed by atoms with E-state index in [0.29, 0.717) is 36.0 Å². The fourth-order valence-corrected chi connectivity index (χ4v) is 4.27. The molecule has 0 aromatic heterocycles. The van der Waals surface area contributed by atoms with Gasteiger partial charge in [0.15, 0.2) is 6.17 Å². The van der Waals surface area contributed by atoms with Crippen LogP contribution in [-0.4, -0.2) is 59.8 Å². The number of anilines is 1. The number of carboxylic acids is 1. The van der Waals surface area contributed by atoms with Gasteiger partial charge in [0.2, 0.25) is 5.91 Å². The summed E-state index contributed by atoms with van der Waals surface area (Å²) >= 11 is 6.04. The second-order valence-corrected chi connectivity index (χ2v) is 8.99. The lowest BCUT2D eigenvalue weighted by Gasteiger charge is -2.32. The van der Waals surface area contributed by atoms with E-state index in [-0.39, 0.29) is 30.8 Å². The molecule has 2 unspecified atom stereocenters. The normalized spacial score (nSPS) is 15.7. The Morgan fingerprint density at radius 2 is 2.00 bits per heavy atom. The van der Waals surface area contributed by atoms with Crippen LogP contribution in [0, 0.1) is 0 Å². The third kappa shape index (κ3) is 8.42. The predicted octanol–water partition coefficient (Wildman–Crippen LogP) is 3.24. The van der Waals surface area contributed by atoms with Gasteiger partial charge in [-0.15, -0.1) is 0 Å². The molecule has 1 aliphatic rings. The van der Waals surface area contributed by atoms with Gasteiger partial charge in [0.1, 0.15) is 5.75 Å². The van der Waals surface area contributed by atoms with E-state index in [2.05, 4.69) is 16.0 Å². The number of halogens is 1. The smallest absolute Gasteiger partial charge is 0.303 e. The zero-order chi connectivity index (χ0) is 25.9. The first-order chi connectivity index (χ1) is 17.4. The van der Waals surface area contributed by atoms with Crippen molar-refractivity contribution in [1.82, 2.24) is 15.5 Å². The summed E-state index contributed by atoms with van der Waals surface area (Å²) in [6.07, 6.45) is 1.34. The van der Waals surface area contributed by atoms with Crippen molar-refractivity contribution in [3.63, 3.8) is 0 Å². The summed E-state index contributed by atoms with van der Waals surface area (Å²) in [6.45, 7) is 3.56. The van der Waals surface area contributed by atoms with Gasteiger partial charge in [0, 0.05) is 23.7 Å². The number of rotatable bonds is 13. The number of carbonyl (C=O) groups excluding carboxylic acids is 2. The van der Waals surface area contributed by atoms with Crippen molar-refractivity contribution >= 4 is 35.1 Å². The number of hydrogen-bond acceptors (Lipinski definition) is 6. The van der Waals surface area contributed by atoms with Crippen molar-refractivity contribution < 1.29 is 24.2 Å². The summed E-state index contributed by atoms with van der Waals surface area (Å²) < 4.78 is 5.57. The van der Waals surface area contributed by atoms with Gasteiger partial charge in [-0.1, -0.05) is 23.7 Å².